The SMILES string of the molecule is COCCCOc1cccc(CN=C(N)NC(C)C)c1. The van der Waals surface area contributed by atoms with Crippen LogP contribution in [0.15, 0.2) is 29.3 Å². The fourth-order valence-corrected chi connectivity index (χ4v) is 1.64. The predicted octanol–water partition coefficient (Wildman–Crippen LogP) is 1.91. The monoisotopic (exact) mass is 279 g/mol. The van der Waals surface area contributed by atoms with Gasteiger partial charge in [-0.3, -0.25) is 0 Å². The van der Waals surface area contributed by atoms with Crippen LogP contribution < -0.4 is 15.8 Å². The molecular weight excluding hydrogens is 254 g/mol. The molecule has 0 aromatic heterocycles. The van der Waals surface area contributed by atoms with Gasteiger partial charge in [-0.15, -0.1) is 0 Å². The molecule has 0 saturated carbocycles. The van der Waals surface area contributed by atoms with Crippen LogP contribution in [0.2, 0.25) is 0 Å². The lowest BCUT2D eigenvalue weighted by Gasteiger charge is -2.09. The minimum atomic E-state index is 0.286. The minimum absolute atomic E-state index is 0.286. The van der Waals surface area contributed by atoms with Gasteiger partial charge in [-0.25, -0.2) is 4.99 Å². The smallest absolute Gasteiger partial charge is 0.189 e. The summed E-state index contributed by atoms with van der Waals surface area (Å²) in [5.74, 6) is 1.32. The molecule has 1 aromatic carbocycles. The van der Waals surface area contributed by atoms with Crippen molar-refractivity contribution < 1.29 is 9.47 Å². The van der Waals surface area contributed by atoms with Gasteiger partial charge in [0, 0.05) is 26.2 Å². The highest BCUT2D eigenvalue weighted by Crippen LogP contribution is 2.14. The normalized spacial score (nSPS) is 11.7. The van der Waals surface area contributed by atoms with E-state index in [1.807, 2.05) is 38.1 Å². The molecule has 0 bridgehead atoms. The molecule has 0 heterocycles. The fraction of sp³-hybridized carbons (Fsp3) is 0.533. The van der Waals surface area contributed by atoms with Gasteiger partial charge in [0.2, 0.25) is 0 Å². The van der Waals surface area contributed by atoms with E-state index < -0.39 is 0 Å². The molecule has 0 aliphatic carbocycles. The van der Waals surface area contributed by atoms with Crippen molar-refractivity contribution in [2.45, 2.75) is 32.9 Å². The fourth-order valence-electron chi connectivity index (χ4n) is 1.64. The average molecular weight is 279 g/mol. The van der Waals surface area contributed by atoms with E-state index in [1.54, 1.807) is 7.11 Å². The van der Waals surface area contributed by atoms with Gasteiger partial charge in [0.25, 0.3) is 0 Å². The summed E-state index contributed by atoms with van der Waals surface area (Å²) in [6, 6.07) is 8.18. The first kappa shape index (κ1) is 16.3. The molecule has 20 heavy (non-hydrogen) atoms. The molecule has 0 spiro atoms. The minimum Gasteiger partial charge on any atom is -0.493 e. The Kier molecular flexibility index (Phi) is 7.50. The largest absolute Gasteiger partial charge is 0.493 e. The zero-order chi connectivity index (χ0) is 14.8. The maximum Gasteiger partial charge on any atom is 0.189 e. The third-order valence-electron chi connectivity index (χ3n) is 2.53. The first-order valence-electron chi connectivity index (χ1n) is 6.89. The van der Waals surface area contributed by atoms with E-state index in [4.69, 9.17) is 15.2 Å². The van der Waals surface area contributed by atoms with Crippen LogP contribution in [0.1, 0.15) is 25.8 Å². The zero-order valence-electron chi connectivity index (χ0n) is 12.6. The van der Waals surface area contributed by atoms with Gasteiger partial charge < -0.3 is 20.5 Å². The van der Waals surface area contributed by atoms with E-state index in [2.05, 4.69) is 10.3 Å². The standard InChI is InChI=1S/C15H25N3O2/c1-12(2)18-15(16)17-11-13-6-4-7-14(10-13)20-9-5-8-19-3/h4,6-7,10,12H,5,8-9,11H2,1-3H3,(H3,16,17,18). The number of nitrogens with two attached hydrogens (primary N) is 1. The van der Waals surface area contributed by atoms with Crippen molar-refractivity contribution in [1.29, 1.82) is 0 Å². The van der Waals surface area contributed by atoms with E-state index in [1.165, 1.54) is 0 Å². The molecule has 1 rings (SSSR count). The molecule has 0 unspecified atom stereocenters. The second-order valence-corrected chi connectivity index (χ2v) is 4.84. The molecule has 112 valence electrons. The Balaban J connectivity index is 2.46. The second kappa shape index (κ2) is 9.20. The first-order valence-corrected chi connectivity index (χ1v) is 6.89. The van der Waals surface area contributed by atoms with Gasteiger partial charge >= 0.3 is 0 Å². The number of hydrogen-bond acceptors (Lipinski definition) is 3. The van der Waals surface area contributed by atoms with Crippen molar-refractivity contribution in [3.8, 4) is 5.75 Å². The maximum absolute atomic E-state index is 5.77. The molecule has 0 aliphatic rings. The van der Waals surface area contributed by atoms with Crippen LogP contribution >= 0.6 is 0 Å². The summed E-state index contributed by atoms with van der Waals surface area (Å²) in [6.07, 6.45) is 0.879. The summed E-state index contributed by atoms with van der Waals surface area (Å²) >= 11 is 0. The molecule has 1 aromatic rings. The van der Waals surface area contributed by atoms with Crippen LogP contribution in [0.4, 0.5) is 0 Å². The molecule has 5 heteroatoms. The Morgan fingerprint density at radius 2 is 2.15 bits per heavy atom. The van der Waals surface area contributed by atoms with Crippen LogP contribution in [-0.4, -0.2) is 32.3 Å². The number of hydrogen-bond donors (Lipinski definition) is 2. The Labute approximate surface area is 121 Å². The van der Waals surface area contributed by atoms with Crippen molar-refractivity contribution in [1.82, 2.24) is 5.32 Å². The van der Waals surface area contributed by atoms with Crippen molar-refractivity contribution in [3.05, 3.63) is 29.8 Å². The molecule has 5 nitrogen and oxygen atoms in total. The van der Waals surface area contributed by atoms with Crippen molar-refractivity contribution in [2.24, 2.45) is 10.7 Å². The molecule has 0 saturated heterocycles. The van der Waals surface area contributed by atoms with E-state index in [0.29, 0.717) is 25.7 Å². The quantitative estimate of drug-likeness (QED) is 0.433. The summed E-state index contributed by atoms with van der Waals surface area (Å²) in [4.78, 5) is 4.29. The Morgan fingerprint density at radius 1 is 1.35 bits per heavy atom. The Bertz CT molecular complexity index is 419. The summed E-state index contributed by atoms with van der Waals surface area (Å²) in [5.41, 5.74) is 6.84. The highest BCUT2D eigenvalue weighted by molar-refractivity contribution is 5.78. The van der Waals surface area contributed by atoms with Crippen molar-refractivity contribution in [2.75, 3.05) is 20.3 Å². The molecule has 0 atom stereocenters. The molecular formula is C15H25N3O2. The van der Waals surface area contributed by atoms with Crippen LogP contribution in [0, 0.1) is 0 Å². The maximum atomic E-state index is 5.77. The van der Waals surface area contributed by atoms with Gasteiger partial charge in [-0.1, -0.05) is 12.1 Å². The number of rotatable bonds is 8. The predicted molar refractivity (Wildman–Crippen MR) is 82.0 cm³/mol. The summed E-state index contributed by atoms with van der Waals surface area (Å²) in [6.45, 7) is 5.95. The topological polar surface area (TPSA) is 68.9 Å². The van der Waals surface area contributed by atoms with Gasteiger partial charge in [0.1, 0.15) is 5.75 Å². The number of methoxy groups -OCH3 is 1. The molecule has 0 amide bonds. The summed E-state index contributed by atoms with van der Waals surface area (Å²) in [7, 11) is 1.69. The third kappa shape index (κ3) is 6.99. The number of benzene rings is 1. The van der Waals surface area contributed by atoms with E-state index in [-0.39, 0.29) is 6.04 Å². The lowest BCUT2D eigenvalue weighted by molar-refractivity contribution is 0.172. The lowest BCUT2D eigenvalue weighted by atomic mass is 10.2. The molecule has 0 radical (unpaired) electrons. The van der Waals surface area contributed by atoms with E-state index in [0.717, 1.165) is 17.7 Å². The number of guanidine groups is 1. The van der Waals surface area contributed by atoms with Crippen molar-refractivity contribution in [3.63, 3.8) is 0 Å². The molecule has 0 fully saturated rings. The van der Waals surface area contributed by atoms with Gasteiger partial charge in [0.05, 0.1) is 13.2 Å². The first-order chi connectivity index (χ1) is 9.61. The number of nitrogens with one attached hydrogen (secondary N) is 1. The Morgan fingerprint density at radius 3 is 2.85 bits per heavy atom. The number of nitrogens with zero attached hydrogens (tertiary/aromatic N) is 1. The van der Waals surface area contributed by atoms with E-state index in [9.17, 15) is 0 Å². The highest BCUT2D eigenvalue weighted by Gasteiger charge is 1.98. The van der Waals surface area contributed by atoms with Crippen molar-refractivity contribution >= 4 is 5.96 Å². The van der Waals surface area contributed by atoms with E-state index >= 15 is 0 Å². The van der Waals surface area contributed by atoms with Gasteiger partial charge in [-0.2, -0.15) is 0 Å². The van der Waals surface area contributed by atoms with Gasteiger partial charge in [-0.05, 0) is 31.5 Å². The average Bonchev–Trinajstić information content (AvgIpc) is 2.41. The van der Waals surface area contributed by atoms with Crippen LogP contribution in [0.25, 0.3) is 0 Å². The third-order valence-corrected chi connectivity index (χ3v) is 2.53. The van der Waals surface area contributed by atoms with Crippen LogP contribution in [0.5, 0.6) is 5.75 Å². The second-order valence-electron chi connectivity index (χ2n) is 4.84. The van der Waals surface area contributed by atoms with Crippen LogP contribution in [0.3, 0.4) is 0 Å². The lowest BCUT2D eigenvalue weighted by Crippen LogP contribution is -2.36. The zero-order valence-corrected chi connectivity index (χ0v) is 12.6. The van der Waals surface area contributed by atoms with Crippen LogP contribution in [-0.2, 0) is 11.3 Å². The van der Waals surface area contributed by atoms with Gasteiger partial charge in [0.15, 0.2) is 5.96 Å². The number of aliphatic imine (C=N–C) groups is 1. The number of ether oxygens (including phenoxy) is 2. The molecule has 0 aliphatic heterocycles. The summed E-state index contributed by atoms with van der Waals surface area (Å²) in [5, 5.41) is 3.06. The highest BCUT2D eigenvalue weighted by atomic mass is 16.5. The Hall–Kier alpha value is -1.75. The molecule has 3 N–H and O–H groups in total. The summed E-state index contributed by atoms with van der Waals surface area (Å²) < 4.78 is 10.6.